The summed E-state index contributed by atoms with van der Waals surface area (Å²) in [6.07, 6.45) is 7.83. The summed E-state index contributed by atoms with van der Waals surface area (Å²) in [5.41, 5.74) is 1.98. The summed E-state index contributed by atoms with van der Waals surface area (Å²) in [5.74, 6) is -0.255. The van der Waals surface area contributed by atoms with E-state index in [2.05, 4.69) is 9.97 Å². The first kappa shape index (κ1) is 17.6. The molecule has 1 aromatic carbocycles. The molecule has 2 aliphatic rings. The number of hydrogen-bond donors (Lipinski definition) is 0. The van der Waals surface area contributed by atoms with Crippen LogP contribution in [0.1, 0.15) is 38.4 Å². The normalized spacial score (nSPS) is 21.1. The zero-order valence-electron chi connectivity index (χ0n) is 15.5. The Bertz CT molecular complexity index is 816. The number of amides is 2. The topological polar surface area (TPSA) is 66.4 Å². The van der Waals surface area contributed by atoms with E-state index in [0.717, 1.165) is 36.8 Å². The second kappa shape index (κ2) is 7.47. The number of carbonyl (C=O) groups is 2. The average molecular weight is 364 g/mol. The number of rotatable bonds is 4. The summed E-state index contributed by atoms with van der Waals surface area (Å²) in [7, 11) is 0. The van der Waals surface area contributed by atoms with Crippen LogP contribution in [-0.4, -0.2) is 50.2 Å². The standard InChI is InChI=1S/C21H24N4O2/c1-15-13-24(20(26)21(27)25(15)18-9-5-6-10-18)14-19-22-11-17(12-23-19)16-7-3-2-4-8-16/h2-4,7-8,11-12,15,18H,5-6,9-10,13-14H2,1H3. The van der Waals surface area contributed by atoms with E-state index in [-0.39, 0.29) is 24.5 Å². The van der Waals surface area contributed by atoms with Crippen molar-refractivity contribution in [1.29, 1.82) is 0 Å². The molecule has 6 heteroatoms. The SMILES string of the molecule is CC1CN(Cc2ncc(-c3ccccc3)cn2)C(=O)C(=O)N1C1CCCC1. The summed E-state index contributed by atoms with van der Waals surface area (Å²) >= 11 is 0. The van der Waals surface area contributed by atoms with Crippen LogP contribution < -0.4 is 0 Å². The molecule has 1 aliphatic carbocycles. The van der Waals surface area contributed by atoms with Crippen molar-refractivity contribution in [3.63, 3.8) is 0 Å². The molecule has 0 spiro atoms. The third-order valence-corrected chi connectivity index (χ3v) is 5.53. The smallest absolute Gasteiger partial charge is 0.312 e. The molecule has 1 saturated heterocycles. The van der Waals surface area contributed by atoms with E-state index >= 15 is 0 Å². The van der Waals surface area contributed by atoms with Crippen LogP contribution >= 0.6 is 0 Å². The molecule has 2 aromatic rings. The van der Waals surface area contributed by atoms with E-state index in [4.69, 9.17) is 0 Å². The number of aromatic nitrogens is 2. The predicted molar refractivity (Wildman–Crippen MR) is 101 cm³/mol. The Morgan fingerprint density at radius 3 is 2.30 bits per heavy atom. The minimum absolute atomic E-state index is 0.0295. The first-order valence-electron chi connectivity index (χ1n) is 9.61. The summed E-state index contributed by atoms with van der Waals surface area (Å²) in [4.78, 5) is 37.5. The maximum Gasteiger partial charge on any atom is 0.312 e. The van der Waals surface area contributed by atoms with Gasteiger partial charge in [-0.3, -0.25) is 9.59 Å². The van der Waals surface area contributed by atoms with Crippen LogP contribution in [0.4, 0.5) is 0 Å². The Morgan fingerprint density at radius 1 is 0.963 bits per heavy atom. The van der Waals surface area contributed by atoms with Crippen LogP contribution in [0.5, 0.6) is 0 Å². The zero-order chi connectivity index (χ0) is 18.8. The van der Waals surface area contributed by atoms with Gasteiger partial charge in [0, 0.05) is 36.6 Å². The molecule has 1 atom stereocenters. The van der Waals surface area contributed by atoms with Crippen LogP contribution in [0.25, 0.3) is 11.1 Å². The van der Waals surface area contributed by atoms with Crippen molar-refractivity contribution in [1.82, 2.24) is 19.8 Å². The first-order chi connectivity index (χ1) is 13.1. The van der Waals surface area contributed by atoms with Gasteiger partial charge in [0.25, 0.3) is 0 Å². The molecule has 0 radical (unpaired) electrons. The van der Waals surface area contributed by atoms with Crippen molar-refractivity contribution in [2.24, 2.45) is 0 Å². The lowest BCUT2D eigenvalue weighted by atomic mass is 10.1. The number of piperazine rings is 1. The van der Waals surface area contributed by atoms with Crippen molar-refractivity contribution in [3.8, 4) is 11.1 Å². The number of carbonyl (C=O) groups excluding carboxylic acids is 2. The maximum absolute atomic E-state index is 12.7. The lowest BCUT2D eigenvalue weighted by Gasteiger charge is -2.41. The molecule has 6 nitrogen and oxygen atoms in total. The van der Waals surface area contributed by atoms with Crippen LogP contribution in [0, 0.1) is 0 Å². The molecule has 4 rings (SSSR count). The van der Waals surface area contributed by atoms with Gasteiger partial charge in [-0.2, -0.15) is 0 Å². The lowest BCUT2D eigenvalue weighted by Crippen LogP contribution is -2.60. The molecule has 2 fully saturated rings. The van der Waals surface area contributed by atoms with Gasteiger partial charge < -0.3 is 9.80 Å². The van der Waals surface area contributed by atoms with Crippen molar-refractivity contribution >= 4 is 11.8 Å². The van der Waals surface area contributed by atoms with Crippen molar-refractivity contribution in [2.75, 3.05) is 6.54 Å². The number of nitrogens with zero attached hydrogens (tertiary/aromatic N) is 4. The van der Waals surface area contributed by atoms with Gasteiger partial charge in [-0.15, -0.1) is 0 Å². The Morgan fingerprint density at radius 2 is 1.63 bits per heavy atom. The molecule has 1 aliphatic heterocycles. The second-order valence-corrected chi connectivity index (χ2v) is 7.44. The highest BCUT2D eigenvalue weighted by molar-refractivity contribution is 6.35. The van der Waals surface area contributed by atoms with Crippen molar-refractivity contribution < 1.29 is 9.59 Å². The molecule has 2 amide bonds. The molecule has 1 aromatic heterocycles. The Kier molecular flexibility index (Phi) is 4.88. The first-order valence-corrected chi connectivity index (χ1v) is 9.61. The third-order valence-electron chi connectivity index (χ3n) is 5.53. The van der Waals surface area contributed by atoms with Gasteiger partial charge >= 0.3 is 11.8 Å². The Hall–Kier alpha value is -2.76. The zero-order valence-corrected chi connectivity index (χ0v) is 15.5. The molecular weight excluding hydrogens is 340 g/mol. The monoisotopic (exact) mass is 364 g/mol. The predicted octanol–water partition coefficient (Wildman–Crippen LogP) is 2.65. The van der Waals surface area contributed by atoms with Gasteiger partial charge in [0.15, 0.2) is 0 Å². The van der Waals surface area contributed by atoms with Crippen LogP contribution in [0.3, 0.4) is 0 Å². The highest BCUT2D eigenvalue weighted by Crippen LogP contribution is 2.28. The molecule has 0 bridgehead atoms. The molecule has 0 N–H and O–H groups in total. The molecule has 140 valence electrons. The summed E-state index contributed by atoms with van der Waals surface area (Å²) in [6, 6.07) is 10.2. The molecule has 27 heavy (non-hydrogen) atoms. The fourth-order valence-corrected chi connectivity index (χ4v) is 4.17. The summed E-state index contributed by atoms with van der Waals surface area (Å²) in [6.45, 7) is 2.82. The van der Waals surface area contributed by atoms with Crippen LogP contribution in [0.2, 0.25) is 0 Å². The fraction of sp³-hybridized carbons (Fsp3) is 0.429. The van der Waals surface area contributed by atoms with Crippen LogP contribution in [-0.2, 0) is 16.1 Å². The van der Waals surface area contributed by atoms with Gasteiger partial charge in [-0.1, -0.05) is 43.2 Å². The van der Waals surface area contributed by atoms with E-state index in [1.54, 1.807) is 17.3 Å². The highest BCUT2D eigenvalue weighted by atomic mass is 16.2. The summed E-state index contributed by atoms with van der Waals surface area (Å²) in [5, 5.41) is 0. The van der Waals surface area contributed by atoms with E-state index in [9.17, 15) is 9.59 Å². The van der Waals surface area contributed by atoms with Gasteiger partial charge in [0.2, 0.25) is 0 Å². The number of benzene rings is 1. The minimum atomic E-state index is -0.435. The van der Waals surface area contributed by atoms with Crippen molar-refractivity contribution in [3.05, 3.63) is 48.5 Å². The lowest BCUT2D eigenvalue weighted by molar-refractivity contribution is -0.161. The highest BCUT2D eigenvalue weighted by Gasteiger charge is 2.41. The summed E-state index contributed by atoms with van der Waals surface area (Å²) < 4.78 is 0. The Balaban J connectivity index is 1.45. The van der Waals surface area contributed by atoms with Crippen LogP contribution in [0.15, 0.2) is 42.7 Å². The largest absolute Gasteiger partial charge is 0.327 e. The molecular formula is C21H24N4O2. The quantitative estimate of drug-likeness (QED) is 0.783. The van der Waals surface area contributed by atoms with Gasteiger partial charge in [0.1, 0.15) is 5.82 Å². The molecule has 1 saturated carbocycles. The Labute approximate surface area is 159 Å². The van der Waals surface area contributed by atoms with Crippen molar-refractivity contribution in [2.45, 2.75) is 51.2 Å². The van der Waals surface area contributed by atoms with E-state index in [0.29, 0.717) is 12.4 Å². The number of hydrogen-bond acceptors (Lipinski definition) is 4. The molecule has 2 heterocycles. The van der Waals surface area contributed by atoms with Gasteiger partial charge in [-0.25, -0.2) is 9.97 Å². The van der Waals surface area contributed by atoms with E-state index in [1.807, 2.05) is 42.2 Å². The fourth-order valence-electron chi connectivity index (χ4n) is 4.17. The molecule has 1 unspecified atom stereocenters. The second-order valence-electron chi connectivity index (χ2n) is 7.44. The van der Waals surface area contributed by atoms with Gasteiger partial charge in [-0.05, 0) is 25.3 Å². The van der Waals surface area contributed by atoms with E-state index < -0.39 is 5.91 Å². The maximum atomic E-state index is 12.7. The minimum Gasteiger partial charge on any atom is -0.327 e. The van der Waals surface area contributed by atoms with E-state index in [1.165, 1.54) is 0 Å². The third kappa shape index (κ3) is 3.56. The van der Waals surface area contributed by atoms with Gasteiger partial charge in [0.05, 0.1) is 6.54 Å². The average Bonchev–Trinajstić information content (AvgIpc) is 3.21.